The van der Waals surface area contributed by atoms with Crippen LogP contribution in [0.25, 0.3) is 0 Å². The average Bonchev–Trinajstić information content (AvgIpc) is 2.47. The van der Waals surface area contributed by atoms with Crippen molar-refractivity contribution in [3.63, 3.8) is 0 Å². The molecule has 3 heteroatoms. The zero-order valence-electron chi connectivity index (χ0n) is 14.5. The van der Waals surface area contributed by atoms with Gasteiger partial charge in [0.15, 0.2) is 0 Å². The molecule has 2 rings (SSSR count). The van der Waals surface area contributed by atoms with Gasteiger partial charge in [-0.05, 0) is 62.4 Å². The first-order valence-corrected chi connectivity index (χ1v) is 8.63. The molecule has 22 heavy (non-hydrogen) atoms. The van der Waals surface area contributed by atoms with Gasteiger partial charge >= 0.3 is 0 Å². The van der Waals surface area contributed by atoms with Gasteiger partial charge in [0.05, 0.1) is 0 Å². The van der Waals surface area contributed by atoms with Crippen LogP contribution in [0.4, 0.5) is 0 Å². The maximum Gasteiger partial charge on any atom is 0.119 e. The fraction of sp³-hybridized carbons (Fsp3) is 0.684. The molecule has 1 heterocycles. The maximum absolute atomic E-state index is 10.2. The Morgan fingerprint density at radius 1 is 1.32 bits per heavy atom. The molecular weight excluding hydrogens is 274 g/mol. The van der Waals surface area contributed by atoms with E-state index in [0.29, 0.717) is 25.1 Å². The molecule has 2 atom stereocenters. The Morgan fingerprint density at radius 2 is 2.09 bits per heavy atom. The lowest BCUT2D eigenvalue weighted by Gasteiger charge is -2.34. The quantitative estimate of drug-likeness (QED) is 0.869. The van der Waals surface area contributed by atoms with Gasteiger partial charge in [0.1, 0.15) is 18.5 Å². The van der Waals surface area contributed by atoms with Gasteiger partial charge in [-0.3, -0.25) is 4.90 Å². The normalized spacial score (nSPS) is 21.1. The van der Waals surface area contributed by atoms with Crippen LogP contribution in [0, 0.1) is 6.92 Å². The highest BCUT2D eigenvalue weighted by atomic mass is 16.5. The van der Waals surface area contributed by atoms with Crippen molar-refractivity contribution >= 4 is 0 Å². The molecule has 1 aromatic rings. The first-order chi connectivity index (χ1) is 10.5. The molecule has 1 fully saturated rings. The van der Waals surface area contributed by atoms with Crippen LogP contribution in [0.2, 0.25) is 0 Å². The van der Waals surface area contributed by atoms with E-state index in [0.717, 1.165) is 12.3 Å². The summed E-state index contributed by atoms with van der Waals surface area (Å²) in [7, 11) is 0. The predicted octanol–water partition coefficient (Wildman–Crippen LogP) is 3.73. The highest BCUT2D eigenvalue weighted by molar-refractivity contribution is 5.36. The number of benzene rings is 1. The summed E-state index contributed by atoms with van der Waals surface area (Å²) in [6, 6.07) is 6.80. The number of aliphatic hydroxyl groups is 1. The molecular formula is C19H31NO2. The van der Waals surface area contributed by atoms with E-state index in [9.17, 15) is 5.11 Å². The van der Waals surface area contributed by atoms with Crippen molar-refractivity contribution in [2.45, 2.75) is 65.0 Å². The number of piperidine rings is 1. The summed E-state index contributed by atoms with van der Waals surface area (Å²) in [5.41, 5.74) is 2.61. The molecule has 0 aliphatic carbocycles. The van der Waals surface area contributed by atoms with Crippen LogP contribution in [0.5, 0.6) is 5.75 Å². The fourth-order valence-electron chi connectivity index (χ4n) is 3.33. The summed E-state index contributed by atoms with van der Waals surface area (Å²) < 4.78 is 5.78. The minimum atomic E-state index is -0.425. The topological polar surface area (TPSA) is 32.7 Å². The van der Waals surface area contributed by atoms with Crippen LogP contribution < -0.4 is 4.74 Å². The van der Waals surface area contributed by atoms with Gasteiger partial charge in [-0.2, -0.15) is 0 Å². The van der Waals surface area contributed by atoms with Crippen molar-refractivity contribution in [3.05, 3.63) is 29.3 Å². The van der Waals surface area contributed by atoms with E-state index in [4.69, 9.17) is 4.74 Å². The van der Waals surface area contributed by atoms with Crippen molar-refractivity contribution in [1.82, 2.24) is 4.90 Å². The number of rotatable bonds is 6. The monoisotopic (exact) mass is 305 g/mol. The van der Waals surface area contributed by atoms with Gasteiger partial charge in [0.25, 0.3) is 0 Å². The standard InChI is InChI=1S/C19H31NO2/c1-14(2)19-9-8-18(11-15(19)3)22-13-17(21)12-20-10-6-5-7-16(20)4/h8-9,11,14,16-17,21H,5-7,10,12-13H2,1-4H3/t16-,17+/m1/s1. The van der Waals surface area contributed by atoms with E-state index >= 15 is 0 Å². The average molecular weight is 305 g/mol. The third-order valence-electron chi connectivity index (χ3n) is 4.69. The van der Waals surface area contributed by atoms with Gasteiger partial charge in [-0.15, -0.1) is 0 Å². The molecule has 124 valence electrons. The Bertz CT molecular complexity index is 473. The Hall–Kier alpha value is -1.06. The molecule has 0 spiro atoms. The van der Waals surface area contributed by atoms with Crippen LogP contribution in [-0.4, -0.2) is 41.8 Å². The Morgan fingerprint density at radius 3 is 2.73 bits per heavy atom. The molecule has 1 saturated heterocycles. The van der Waals surface area contributed by atoms with Crippen LogP contribution in [0.3, 0.4) is 0 Å². The molecule has 1 aromatic carbocycles. The fourth-order valence-corrected chi connectivity index (χ4v) is 3.33. The summed E-state index contributed by atoms with van der Waals surface area (Å²) in [5, 5.41) is 10.2. The molecule has 3 nitrogen and oxygen atoms in total. The predicted molar refractivity (Wildman–Crippen MR) is 91.7 cm³/mol. The minimum absolute atomic E-state index is 0.365. The summed E-state index contributed by atoms with van der Waals surface area (Å²) in [4.78, 5) is 2.38. The maximum atomic E-state index is 10.2. The van der Waals surface area contributed by atoms with Crippen LogP contribution in [0.15, 0.2) is 18.2 Å². The van der Waals surface area contributed by atoms with E-state index in [2.05, 4.69) is 44.7 Å². The van der Waals surface area contributed by atoms with Crippen LogP contribution >= 0.6 is 0 Å². The largest absolute Gasteiger partial charge is 0.491 e. The molecule has 1 aliphatic rings. The number of nitrogens with zero attached hydrogens (tertiary/aromatic N) is 1. The Balaban J connectivity index is 1.83. The second-order valence-corrected chi connectivity index (χ2v) is 6.98. The molecule has 0 aromatic heterocycles. The lowest BCUT2D eigenvalue weighted by Crippen LogP contribution is -2.43. The van der Waals surface area contributed by atoms with E-state index in [1.54, 1.807) is 0 Å². The Kier molecular flexibility index (Phi) is 6.27. The van der Waals surface area contributed by atoms with Gasteiger partial charge in [-0.1, -0.05) is 26.3 Å². The molecule has 0 saturated carbocycles. The number of β-amino-alcohol motifs (C(OH)–C–C–N with tert-alkyl or cyclic N) is 1. The molecule has 0 amide bonds. The summed E-state index contributed by atoms with van der Waals surface area (Å²) in [5.74, 6) is 1.38. The summed E-state index contributed by atoms with van der Waals surface area (Å²) in [6.45, 7) is 10.9. The molecule has 1 aliphatic heterocycles. The van der Waals surface area contributed by atoms with Crippen molar-refractivity contribution in [2.75, 3.05) is 19.7 Å². The Labute approximate surface area is 135 Å². The third kappa shape index (κ3) is 4.72. The number of hydrogen-bond donors (Lipinski definition) is 1. The van der Waals surface area contributed by atoms with Gasteiger partial charge < -0.3 is 9.84 Å². The van der Waals surface area contributed by atoms with E-state index in [-0.39, 0.29) is 0 Å². The number of likely N-dealkylation sites (tertiary alicyclic amines) is 1. The second kappa shape index (κ2) is 7.98. The van der Waals surface area contributed by atoms with E-state index < -0.39 is 6.10 Å². The lowest BCUT2D eigenvalue weighted by atomic mass is 9.98. The van der Waals surface area contributed by atoms with Crippen molar-refractivity contribution in [1.29, 1.82) is 0 Å². The van der Waals surface area contributed by atoms with Gasteiger partial charge in [0.2, 0.25) is 0 Å². The van der Waals surface area contributed by atoms with Crippen LogP contribution in [-0.2, 0) is 0 Å². The molecule has 0 unspecified atom stereocenters. The van der Waals surface area contributed by atoms with Crippen molar-refractivity contribution < 1.29 is 9.84 Å². The number of aryl methyl sites for hydroxylation is 1. The number of hydrogen-bond acceptors (Lipinski definition) is 3. The van der Waals surface area contributed by atoms with E-state index in [1.807, 2.05) is 6.07 Å². The lowest BCUT2D eigenvalue weighted by molar-refractivity contribution is 0.0437. The van der Waals surface area contributed by atoms with E-state index in [1.165, 1.54) is 30.4 Å². The SMILES string of the molecule is Cc1cc(OC[C@@H](O)CN2CCCC[C@H]2C)ccc1C(C)C. The number of ether oxygens (including phenoxy) is 1. The van der Waals surface area contributed by atoms with Gasteiger partial charge in [-0.25, -0.2) is 0 Å². The molecule has 1 N–H and O–H groups in total. The molecule has 0 radical (unpaired) electrons. The smallest absolute Gasteiger partial charge is 0.119 e. The molecule has 0 bridgehead atoms. The first-order valence-electron chi connectivity index (χ1n) is 8.63. The minimum Gasteiger partial charge on any atom is -0.491 e. The highest BCUT2D eigenvalue weighted by Gasteiger charge is 2.21. The van der Waals surface area contributed by atoms with Crippen LogP contribution in [0.1, 0.15) is 57.1 Å². The highest BCUT2D eigenvalue weighted by Crippen LogP contribution is 2.23. The second-order valence-electron chi connectivity index (χ2n) is 6.98. The number of aliphatic hydroxyl groups excluding tert-OH is 1. The summed E-state index contributed by atoms with van der Waals surface area (Å²) in [6.07, 6.45) is 3.37. The zero-order valence-corrected chi connectivity index (χ0v) is 14.5. The van der Waals surface area contributed by atoms with Gasteiger partial charge in [0, 0.05) is 12.6 Å². The zero-order chi connectivity index (χ0) is 16.1. The van der Waals surface area contributed by atoms with Crippen molar-refractivity contribution in [3.8, 4) is 5.75 Å². The summed E-state index contributed by atoms with van der Waals surface area (Å²) >= 11 is 0. The first kappa shape index (κ1) is 17.3. The van der Waals surface area contributed by atoms with Crippen molar-refractivity contribution in [2.24, 2.45) is 0 Å². The third-order valence-corrected chi connectivity index (χ3v) is 4.69.